The summed E-state index contributed by atoms with van der Waals surface area (Å²) in [5.41, 5.74) is 7.38. The molecular weight excluding hydrogens is 268 g/mol. The van der Waals surface area contributed by atoms with Crippen molar-refractivity contribution in [3.8, 4) is 0 Å². The second-order valence-electron chi connectivity index (χ2n) is 5.69. The number of rotatable bonds is 6. The van der Waals surface area contributed by atoms with Crippen molar-refractivity contribution < 1.29 is 4.74 Å². The lowest BCUT2D eigenvalue weighted by Gasteiger charge is -2.36. The molecule has 0 aliphatic heterocycles. The van der Waals surface area contributed by atoms with Crippen LogP contribution in [0.25, 0.3) is 10.2 Å². The summed E-state index contributed by atoms with van der Waals surface area (Å²) in [4.78, 5) is 4.66. The topological polar surface area (TPSA) is 48.1 Å². The summed E-state index contributed by atoms with van der Waals surface area (Å²) in [6, 6.07) is 8.52. The van der Waals surface area contributed by atoms with Gasteiger partial charge >= 0.3 is 0 Å². The standard InChI is InChI=1S/C16H22N2OS/c1-2-19-13-8-11(9-13)7-12(17)10-16-18-14-5-3-4-6-15(14)20-16/h3-6,11-13H,2,7-10,17H2,1H3. The SMILES string of the molecule is CCOC1CC(CC(N)Cc2nc3ccccc3s2)C1. The molecule has 3 rings (SSSR count). The molecule has 1 heterocycles. The zero-order valence-corrected chi connectivity index (χ0v) is 12.7. The summed E-state index contributed by atoms with van der Waals surface area (Å²) in [5, 5.41) is 1.17. The van der Waals surface area contributed by atoms with Gasteiger partial charge < -0.3 is 10.5 Å². The van der Waals surface area contributed by atoms with E-state index in [1.165, 1.54) is 22.5 Å². The van der Waals surface area contributed by atoms with Gasteiger partial charge in [0.1, 0.15) is 0 Å². The van der Waals surface area contributed by atoms with Crippen molar-refractivity contribution in [2.45, 2.75) is 44.8 Å². The predicted octanol–water partition coefficient (Wildman–Crippen LogP) is 3.37. The molecule has 1 aromatic heterocycles. The molecule has 0 radical (unpaired) electrons. The fourth-order valence-corrected chi connectivity index (χ4v) is 4.04. The highest BCUT2D eigenvalue weighted by Gasteiger charge is 2.30. The molecule has 1 aromatic carbocycles. The molecule has 0 saturated heterocycles. The van der Waals surface area contributed by atoms with E-state index in [-0.39, 0.29) is 6.04 Å². The number of para-hydroxylation sites is 1. The summed E-state index contributed by atoms with van der Waals surface area (Å²) >= 11 is 1.77. The summed E-state index contributed by atoms with van der Waals surface area (Å²) < 4.78 is 6.86. The van der Waals surface area contributed by atoms with Gasteiger partial charge in [0.2, 0.25) is 0 Å². The summed E-state index contributed by atoms with van der Waals surface area (Å²) in [6.07, 6.45) is 4.84. The Balaban J connectivity index is 1.50. The molecule has 0 amide bonds. The van der Waals surface area contributed by atoms with Gasteiger partial charge in [-0.25, -0.2) is 4.98 Å². The maximum absolute atomic E-state index is 6.28. The number of nitrogens with two attached hydrogens (primary N) is 1. The van der Waals surface area contributed by atoms with Crippen LogP contribution in [0.5, 0.6) is 0 Å². The lowest BCUT2D eigenvalue weighted by molar-refractivity contribution is -0.0280. The van der Waals surface area contributed by atoms with E-state index < -0.39 is 0 Å². The van der Waals surface area contributed by atoms with Crippen LogP contribution in [0.2, 0.25) is 0 Å². The van der Waals surface area contributed by atoms with Crippen molar-refractivity contribution in [3.05, 3.63) is 29.3 Å². The average Bonchev–Trinajstić information content (AvgIpc) is 2.78. The third-order valence-electron chi connectivity index (χ3n) is 4.01. The molecule has 0 bridgehead atoms. The van der Waals surface area contributed by atoms with Crippen molar-refractivity contribution >= 4 is 21.6 Å². The van der Waals surface area contributed by atoms with Gasteiger partial charge in [-0.3, -0.25) is 0 Å². The first-order valence-corrected chi connectivity index (χ1v) is 8.28. The van der Waals surface area contributed by atoms with Crippen molar-refractivity contribution in [3.63, 3.8) is 0 Å². The molecular formula is C16H22N2OS. The number of ether oxygens (including phenoxy) is 1. The molecule has 2 N–H and O–H groups in total. The molecule has 20 heavy (non-hydrogen) atoms. The number of fused-ring (bicyclic) bond motifs is 1. The van der Waals surface area contributed by atoms with Crippen molar-refractivity contribution in [1.29, 1.82) is 0 Å². The number of nitrogens with zero attached hydrogens (tertiary/aromatic N) is 1. The van der Waals surface area contributed by atoms with Crippen molar-refractivity contribution in [1.82, 2.24) is 4.98 Å². The quantitative estimate of drug-likeness (QED) is 0.887. The monoisotopic (exact) mass is 290 g/mol. The minimum atomic E-state index is 0.225. The van der Waals surface area contributed by atoms with Gasteiger partial charge in [0.15, 0.2) is 0 Å². The highest BCUT2D eigenvalue weighted by atomic mass is 32.1. The van der Waals surface area contributed by atoms with E-state index in [0.29, 0.717) is 6.10 Å². The number of benzene rings is 1. The van der Waals surface area contributed by atoms with Crippen LogP contribution in [0.1, 0.15) is 31.2 Å². The summed E-state index contributed by atoms with van der Waals surface area (Å²) in [6.45, 7) is 2.89. The smallest absolute Gasteiger partial charge is 0.0954 e. The highest BCUT2D eigenvalue weighted by molar-refractivity contribution is 7.18. The van der Waals surface area contributed by atoms with E-state index in [0.717, 1.165) is 30.9 Å². The third-order valence-corrected chi connectivity index (χ3v) is 5.06. The van der Waals surface area contributed by atoms with E-state index in [1.807, 2.05) is 6.07 Å². The van der Waals surface area contributed by atoms with Crippen LogP contribution in [0.4, 0.5) is 0 Å². The Labute approximate surface area is 124 Å². The zero-order chi connectivity index (χ0) is 13.9. The van der Waals surface area contributed by atoms with E-state index in [9.17, 15) is 0 Å². The van der Waals surface area contributed by atoms with E-state index in [1.54, 1.807) is 11.3 Å². The minimum absolute atomic E-state index is 0.225. The molecule has 1 unspecified atom stereocenters. The van der Waals surface area contributed by atoms with Crippen LogP contribution < -0.4 is 5.73 Å². The zero-order valence-electron chi connectivity index (χ0n) is 11.9. The van der Waals surface area contributed by atoms with Crippen molar-refractivity contribution in [2.75, 3.05) is 6.61 Å². The van der Waals surface area contributed by atoms with Gasteiger partial charge in [-0.2, -0.15) is 0 Å². The number of hydrogen-bond acceptors (Lipinski definition) is 4. The van der Waals surface area contributed by atoms with Gasteiger partial charge in [0.25, 0.3) is 0 Å². The molecule has 1 fully saturated rings. The molecule has 2 aromatic rings. The van der Waals surface area contributed by atoms with Crippen LogP contribution in [0.3, 0.4) is 0 Å². The minimum Gasteiger partial charge on any atom is -0.378 e. The van der Waals surface area contributed by atoms with E-state index in [2.05, 4.69) is 30.1 Å². The van der Waals surface area contributed by atoms with Crippen LogP contribution in [-0.4, -0.2) is 23.7 Å². The third kappa shape index (κ3) is 3.19. The van der Waals surface area contributed by atoms with Crippen LogP contribution in [0.15, 0.2) is 24.3 Å². The Bertz CT molecular complexity index is 529. The van der Waals surface area contributed by atoms with E-state index in [4.69, 9.17) is 10.5 Å². The fraction of sp³-hybridized carbons (Fsp3) is 0.562. The predicted molar refractivity (Wildman–Crippen MR) is 84.1 cm³/mol. The lowest BCUT2D eigenvalue weighted by atomic mass is 9.78. The molecule has 0 spiro atoms. The number of aromatic nitrogens is 1. The first-order chi connectivity index (χ1) is 9.74. The van der Waals surface area contributed by atoms with Gasteiger partial charge in [-0.15, -0.1) is 11.3 Å². The average molecular weight is 290 g/mol. The molecule has 108 valence electrons. The second-order valence-corrected chi connectivity index (χ2v) is 6.81. The lowest BCUT2D eigenvalue weighted by Crippen LogP contribution is -2.36. The van der Waals surface area contributed by atoms with Crippen LogP contribution >= 0.6 is 11.3 Å². The molecule has 3 nitrogen and oxygen atoms in total. The van der Waals surface area contributed by atoms with Gasteiger partial charge in [-0.05, 0) is 44.2 Å². The maximum Gasteiger partial charge on any atom is 0.0954 e. The molecule has 1 atom stereocenters. The Kier molecular flexibility index (Phi) is 4.34. The Morgan fingerprint density at radius 1 is 1.40 bits per heavy atom. The highest BCUT2D eigenvalue weighted by Crippen LogP contribution is 2.34. The summed E-state index contributed by atoms with van der Waals surface area (Å²) in [7, 11) is 0. The number of hydrogen-bond donors (Lipinski definition) is 1. The Morgan fingerprint density at radius 2 is 2.20 bits per heavy atom. The molecule has 1 saturated carbocycles. The van der Waals surface area contributed by atoms with Crippen LogP contribution in [0, 0.1) is 5.92 Å². The van der Waals surface area contributed by atoms with Gasteiger partial charge in [0, 0.05) is 19.1 Å². The van der Waals surface area contributed by atoms with Gasteiger partial charge in [-0.1, -0.05) is 12.1 Å². The summed E-state index contributed by atoms with van der Waals surface area (Å²) in [5.74, 6) is 0.746. The van der Waals surface area contributed by atoms with Crippen LogP contribution in [-0.2, 0) is 11.2 Å². The van der Waals surface area contributed by atoms with Crippen molar-refractivity contribution in [2.24, 2.45) is 11.7 Å². The largest absolute Gasteiger partial charge is 0.378 e. The number of thiazole rings is 1. The molecule has 1 aliphatic carbocycles. The molecule has 1 aliphatic rings. The maximum atomic E-state index is 6.28. The fourth-order valence-electron chi connectivity index (χ4n) is 2.98. The Morgan fingerprint density at radius 3 is 2.95 bits per heavy atom. The molecule has 4 heteroatoms. The first kappa shape index (κ1) is 14.0. The second kappa shape index (κ2) is 6.20. The first-order valence-electron chi connectivity index (χ1n) is 7.46. The Hall–Kier alpha value is -0.970. The normalized spacial score (nSPS) is 23.7. The van der Waals surface area contributed by atoms with Gasteiger partial charge in [0.05, 0.1) is 21.3 Å². The van der Waals surface area contributed by atoms with E-state index >= 15 is 0 Å².